The molecule has 18 heavy (non-hydrogen) atoms. The fourth-order valence-electron chi connectivity index (χ4n) is 1.24. The number of rotatable bonds is 1. The van der Waals surface area contributed by atoms with Gasteiger partial charge in [0.15, 0.2) is 0 Å². The number of benzene rings is 2. The fraction of sp³-hybridized carbons (Fsp3) is 0.0625. The van der Waals surface area contributed by atoms with E-state index in [4.69, 9.17) is 6.85 Å². The molecule has 0 aliphatic rings. The second kappa shape index (κ2) is 5.70. The van der Waals surface area contributed by atoms with Gasteiger partial charge in [0, 0.05) is 24.2 Å². The number of nitrogens with zero attached hydrogens (tertiary/aromatic N) is 1. The Morgan fingerprint density at radius 2 is 1.83 bits per heavy atom. The van der Waals surface area contributed by atoms with Crippen molar-refractivity contribution in [3.63, 3.8) is 0 Å². The average molecular weight is 240 g/mol. The number of carbonyl (C=O) groups is 1. The van der Waals surface area contributed by atoms with Crippen LogP contribution in [0.25, 0.3) is 0 Å². The van der Waals surface area contributed by atoms with E-state index < -0.39 is 36.1 Å². The molecule has 2 aromatic carbocycles. The van der Waals surface area contributed by atoms with Crippen molar-refractivity contribution in [2.75, 3.05) is 11.9 Å². The summed E-state index contributed by atoms with van der Waals surface area (Å²) in [7, 11) is 1.33. The summed E-state index contributed by atoms with van der Waals surface area (Å²) in [6, 6.07) is 6.53. The van der Waals surface area contributed by atoms with Gasteiger partial charge >= 0.3 is 5.91 Å². The minimum absolute atomic E-state index is 0.191. The van der Waals surface area contributed by atoms with E-state index in [0.717, 1.165) is 4.90 Å². The standard InChI is InChI=1S/C16H13NO/c1-17(15-10-6-3-7-11-15)16(18)13-12-14-8-4-2-5-9-14/h2-11H,1H3/i3D,6D,7D,10D,11D. The Labute approximate surface area is 114 Å². The third kappa shape index (κ3) is 2.99. The number of amides is 1. The van der Waals surface area contributed by atoms with Crippen LogP contribution in [0.1, 0.15) is 12.4 Å². The molecule has 0 aliphatic carbocycles. The molecule has 0 aliphatic heterocycles. The molecule has 0 fully saturated rings. The number of para-hydroxylation sites is 1. The monoisotopic (exact) mass is 240 g/mol. The van der Waals surface area contributed by atoms with E-state index in [1.807, 2.05) is 6.07 Å². The molecule has 0 N–H and O–H groups in total. The first-order chi connectivity index (χ1) is 10.8. The lowest BCUT2D eigenvalue weighted by Crippen LogP contribution is -2.24. The zero-order valence-electron chi connectivity index (χ0n) is 14.7. The molecule has 1 amide bonds. The highest BCUT2D eigenvalue weighted by molar-refractivity contribution is 6.05. The number of hydrogen-bond donors (Lipinski definition) is 0. The van der Waals surface area contributed by atoms with Crippen LogP contribution in [0.4, 0.5) is 5.69 Å². The molecule has 2 aromatic rings. The third-order valence-corrected chi connectivity index (χ3v) is 2.21. The molecule has 0 spiro atoms. The van der Waals surface area contributed by atoms with E-state index in [2.05, 4.69) is 11.8 Å². The van der Waals surface area contributed by atoms with Gasteiger partial charge in [0.1, 0.15) is 0 Å². The van der Waals surface area contributed by atoms with Crippen molar-refractivity contribution in [1.82, 2.24) is 0 Å². The van der Waals surface area contributed by atoms with Crippen LogP contribution in [0.5, 0.6) is 0 Å². The molecule has 0 radical (unpaired) electrons. The summed E-state index contributed by atoms with van der Waals surface area (Å²) in [6.07, 6.45) is 0. The maximum absolute atomic E-state index is 12.1. The van der Waals surface area contributed by atoms with Gasteiger partial charge in [0.25, 0.3) is 0 Å². The van der Waals surface area contributed by atoms with Crippen LogP contribution in [-0.4, -0.2) is 13.0 Å². The van der Waals surface area contributed by atoms with Crippen molar-refractivity contribution < 1.29 is 11.6 Å². The van der Waals surface area contributed by atoms with E-state index in [9.17, 15) is 4.79 Å². The average Bonchev–Trinajstić information content (AvgIpc) is 2.57. The molecular formula is C16H13NO. The van der Waals surface area contributed by atoms with Crippen LogP contribution in [0.15, 0.2) is 60.5 Å². The van der Waals surface area contributed by atoms with Gasteiger partial charge in [-0.3, -0.25) is 4.79 Å². The van der Waals surface area contributed by atoms with Crippen molar-refractivity contribution in [3.8, 4) is 11.8 Å². The summed E-state index contributed by atoms with van der Waals surface area (Å²) in [5.41, 5.74) is 0.457. The highest BCUT2D eigenvalue weighted by Crippen LogP contribution is 2.10. The summed E-state index contributed by atoms with van der Waals surface area (Å²) in [5, 5.41) is 0. The van der Waals surface area contributed by atoms with E-state index in [0.29, 0.717) is 5.56 Å². The van der Waals surface area contributed by atoms with Gasteiger partial charge in [0.05, 0.1) is 6.85 Å². The molecule has 0 atom stereocenters. The number of carbonyl (C=O) groups excluding carboxylic acids is 1. The quantitative estimate of drug-likeness (QED) is 0.702. The third-order valence-electron chi connectivity index (χ3n) is 2.21. The Morgan fingerprint density at radius 1 is 1.17 bits per heavy atom. The summed E-state index contributed by atoms with van der Waals surface area (Å²) < 4.78 is 38.5. The van der Waals surface area contributed by atoms with Crippen LogP contribution in [0.2, 0.25) is 0 Å². The van der Waals surface area contributed by atoms with Crippen molar-refractivity contribution in [3.05, 3.63) is 66.1 Å². The maximum Gasteiger partial charge on any atom is 0.302 e. The first kappa shape index (κ1) is 7.03. The fourth-order valence-corrected chi connectivity index (χ4v) is 1.24. The van der Waals surface area contributed by atoms with Crippen LogP contribution < -0.4 is 4.90 Å². The van der Waals surface area contributed by atoms with Gasteiger partial charge in [-0.2, -0.15) is 0 Å². The molecular weight excluding hydrogens is 222 g/mol. The second-order valence-corrected chi connectivity index (χ2v) is 3.45. The molecule has 88 valence electrons. The Hall–Kier alpha value is -2.53. The molecule has 0 heterocycles. The zero-order valence-corrected chi connectivity index (χ0v) is 9.74. The molecule has 2 nitrogen and oxygen atoms in total. The van der Waals surface area contributed by atoms with Gasteiger partial charge in [-0.15, -0.1) is 0 Å². The second-order valence-electron chi connectivity index (χ2n) is 3.45. The predicted octanol–water partition coefficient (Wildman–Crippen LogP) is 2.70. The number of anilines is 1. The molecule has 0 saturated carbocycles. The summed E-state index contributed by atoms with van der Waals surface area (Å²) in [6.45, 7) is 0. The van der Waals surface area contributed by atoms with Gasteiger partial charge in [-0.1, -0.05) is 42.2 Å². The lowest BCUT2D eigenvalue weighted by atomic mass is 10.2. The highest BCUT2D eigenvalue weighted by atomic mass is 16.2. The SMILES string of the molecule is [2H]c1c([2H])c([2H])c(N(C)C(=O)C#Cc2ccccc2)c([2H])c1[2H]. The van der Waals surface area contributed by atoms with E-state index >= 15 is 0 Å². The molecule has 0 unspecified atom stereocenters. The molecule has 2 heteroatoms. The van der Waals surface area contributed by atoms with Crippen molar-refractivity contribution in [2.24, 2.45) is 0 Å². The first-order valence-electron chi connectivity index (χ1n) is 7.76. The van der Waals surface area contributed by atoms with Gasteiger partial charge in [0.2, 0.25) is 0 Å². The maximum atomic E-state index is 12.1. The normalized spacial score (nSPS) is 13.1. The molecule has 0 saturated heterocycles. The minimum atomic E-state index is -0.660. The first-order valence-corrected chi connectivity index (χ1v) is 5.26. The Kier molecular flexibility index (Phi) is 2.22. The Balaban J connectivity index is 2.40. The van der Waals surface area contributed by atoms with Crippen LogP contribution in [0.3, 0.4) is 0 Å². The van der Waals surface area contributed by atoms with Crippen LogP contribution in [0, 0.1) is 11.8 Å². The van der Waals surface area contributed by atoms with Crippen molar-refractivity contribution in [1.29, 1.82) is 0 Å². The summed E-state index contributed by atoms with van der Waals surface area (Å²) in [5.74, 6) is 4.43. The van der Waals surface area contributed by atoms with Crippen molar-refractivity contribution in [2.45, 2.75) is 0 Å². The predicted molar refractivity (Wildman–Crippen MR) is 73.2 cm³/mol. The van der Waals surface area contributed by atoms with Crippen LogP contribution >= 0.6 is 0 Å². The smallest absolute Gasteiger partial charge is 0.302 e. The van der Waals surface area contributed by atoms with E-state index in [1.165, 1.54) is 7.05 Å². The lowest BCUT2D eigenvalue weighted by molar-refractivity contribution is -0.113. The Bertz CT molecular complexity index is 795. The van der Waals surface area contributed by atoms with Crippen LogP contribution in [-0.2, 0) is 4.79 Å². The number of hydrogen-bond acceptors (Lipinski definition) is 1. The summed E-state index contributed by atoms with van der Waals surface area (Å²) >= 11 is 0. The largest absolute Gasteiger partial charge is 0.305 e. The Morgan fingerprint density at radius 3 is 2.50 bits per heavy atom. The molecule has 0 aromatic heterocycles. The van der Waals surface area contributed by atoms with Gasteiger partial charge in [-0.25, -0.2) is 0 Å². The van der Waals surface area contributed by atoms with E-state index in [1.54, 1.807) is 24.3 Å². The minimum Gasteiger partial charge on any atom is -0.305 e. The summed E-state index contributed by atoms with van der Waals surface area (Å²) in [4.78, 5) is 13.1. The van der Waals surface area contributed by atoms with Gasteiger partial charge < -0.3 is 4.90 Å². The van der Waals surface area contributed by atoms with Gasteiger partial charge in [-0.05, 0) is 24.2 Å². The topological polar surface area (TPSA) is 20.3 Å². The van der Waals surface area contributed by atoms with E-state index in [-0.39, 0.29) is 5.69 Å². The highest BCUT2D eigenvalue weighted by Gasteiger charge is 2.06. The molecule has 0 bridgehead atoms. The lowest BCUT2D eigenvalue weighted by Gasteiger charge is -2.13. The zero-order chi connectivity index (χ0) is 17.1. The molecule has 2 rings (SSSR count). The van der Waals surface area contributed by atoms with Crippen molar-refractivity contribution >= 4 is 11.6 Å².